The van der Waals surface area contributed by atoms with Crippen LogP contribution >= 0.6 is 0 Å². The molecule has 0 aliphatic carbocycles. The van der Waals surface area contributed by atoms with Gasteiger partial charge in [-0.3, -0.25) is 4.79 Å². The Balaban J connectivity index is 2.18. The van der Waals surface area contributed by atoms with Crippen molar-refractivity contribution in [2.24, 2.45) is 0 Å². The topological polar surface area (TPSA) is 59.3 Å². The van der Waals surface area contributed by atoms with Crippen molar-refractivity contribution in [2.45, 2.75) is 6.92 Å². The Labute approximate surface area is 135 Å². The van der Waals surface area contributed by atoms with Crippen molar-refractivity contribution in [1.82, 2.24) is 0 Å². The second-order valence-corrected chi connectivity index (χ2v) is 4.87. The number of ketones is 1. The van der Waals surface area contributed by atoms with Crippen molar-refractivity contribution >= 4 is 11.9 Å². The minimum Gasteiger partial charge on any atom is -0.493 e. The van der Waals surface area contributed by atoms with Gasteiger partial charge in [0, 0.05) is 5.56 Å². The number of carbonyl (C=O) groups excluding carboxylic acids is 1. The number of rotatable bonds is 6. The number of carbonyl (C=O) groups is 1. The van der Waals surface area contributed by atoms with Gasteiger partial charge in [-0.25, -0.2) is 0 Å². The number of hydrogen-bond acceptors (Lipinski definition) is 4. The van der Waals surface area contributed by atoms with Crippen LogP contribution in [0.2, 0.25) is 0 Å². The molecule has 0 saturated carbocycles. The summed E-state index contributed by atoms with van der Waals surface area (Å²) in [6.07, 6.45) is 3.26. The maximum absolute atomic E-state index is 12.2. The van der Waals surface area contributed by atoms with E-state index >= 15 is 0 Å². The van der Waals surface area contributed by atoms with E-state index in [0.717, 1.165) is 11.1 Å². The summed E-state index contributed by atoms with van der Waals surface area (Å²) in [5.74, 6) is 0.967. The molecule has 2 aromatic rings. The van der Waals surface area contributed by atoms with Gasteiger partial charge in [0.2, 0.25) is 0 Å². The highest BCUT2D eigenvalue weighted by Crippen LogP contribution is 2.28. The predicted molar refractivity (Wildman–Crippen MR) is 88.6 cm³/mol. The van der Waals surface area contributed by atoms with Gasteiger partial charge in [0.15, 0.2) is 23.9 Å². The van der Waals surface area contributed by atoms with E-state index in [9.17, 15) is 4.79 Å². The first-order chi connectivity index (χ1) is 11.2. The van der Waals surface area contributed by atoms with Gasteiger partial charge in [-0.1, -0.05) is 36.4 Å². The summed E-state index contributed by atoms with van der Waals surface area (Å²) < 4.78 is 10.5. The third-order valence-corrected chi connectivity index (χ3v) is 3.32. The predicted octanol–water partition coefficient (Wildman–Crippen LogP) is 3.80. The van der Waals surface area contributed by atoms with Crippen LogP contribution in [-0.4, -0.2) is 19.5 Å². The highest BCUT2D eigenvalue weighted by Gasteiger charge is 2.06. The smallest absolute Gasteiger partial charge is 0.186 e. The zero-order chi connectivity index (χ0) is 16.7. The summed E-state index contributed by atoms with van der Waals surface area (Å²) in [4.78, 5) is 12.2. The van der Waals surface area contributed by atoms with Crippen LogP contribution in [0.3, 0.4) is 0 Å². The largest absolute Gasteiger partial charge is 0.493 e. The van der Waals surface area contributed by atoms with Crippen LogP contribution < -0.4 is 9.47 Å². The normalized spacial score (nSPS) is 10.3. The monoisotopic (exact) mass is 307 g/mol. The zero-order valence-electron chi connectivity index (χ0n) is 13.1. The number of allylic oxidation sites excluding steroid dienone is 1. The van der Waals surface area contributed by atoms with Crippen LogP contribution in [0.15, 0.2) is 48.5 Å². The van der Waals surface area contributed by atoms with Crippen molar-refractivity contribution < 1.29 is 14.3 Å². The highest BCUT2D eigenvalue weighted by molar-refractivity contribution is 6.07. The van der Waals surface area contributed by atoms with E-state index in [2.05, 4.69) is 0 Å². The molecule has 2 rings (SSSR count). The molecule has 0 radical (unpaired) electrons. The Morgan fingerprint density at radius 1 is 1.22 bits per heavy atom. The maximum atomic E-state index is 12.2. The third-order valence-electron chi connectivity index (χ3n) is 3.32. The van der Waals surface area contributed by atoms with Crippen molar-refractivity contribution in [3.8, 4) is 17.6 Å². The number of nitrogens with zero attached hydrogens (tertiary/aromatic N) is 1. The van der Waals surface area contributed by atoms with Crippen molar-refractivity contribution in [3.63, 3.8) is 0 Å². The van der Waals surface area contributed by atoms with E-state index in [-0.39, 0.29) is 12.4 Å². The van der Waals surface area contributed by atoms with E-state index in [1.807, 2.05) is 31.2 Å². The molecule has 0 aromatic heterocycles. The summed E-state index contributed by atoms with van der Waals surface area (Å²) in [7, 11) is 1.53. The van der Waals surface area contributed by atoms with Crippen molar-refractivity contribution in [1.29, 1.82) is 5.26 Å². The molecule has 2 aromatic carbocycles. The highest BCUT2D eigenvalue weighted by atomic mass is 16.5. The molecule has 23 heavy (non-hydrogen) atoms. The number of benzene rings is 2. The number of methoxy groups -OCH3 is 1. The standard InChI is InChI=1S/C19H17NO3/c1-14-5-3-4-6-16(14)17(21)9-7-15-8-10-18(23-12-11-20)19(13-15)22-2/h3-10,13H,12H2,1-2H3/b9-7+. The molecule has 0 aliphatic rings. The zero-order valence-corrected chi connectivity index (χ0v) is 13.1. The minimum atomic E-state index is -0.0492. The maximum Gasteiger partial charge on any atom is 0.186 e. The van der Waals surface area contributed by atoms with E-state index in [0.29, 0.717) is 17.1 Å². The van der Waals surface area contributed by atoms with Gasteiger partial charge in [0.25, 0.3) is 0 Å². The SMILES string of the molecule is COc1cc(/C=C/C(=O)c2ccccc2C)ccc1OCC#N. The van der Waals surface area contributed by atoms with Gasteiger partial charge in [-0.15, -0.1) is 0 Å². The van der Waals surface area contributed by atoms with Crippen LogP contribution in [0.1, 0.15) is 21.5 Å². The quantitative estimate of drug-likeness (QED) is 0.601. The fourth-order valence-corrected chi connectivity index (χ4v) is 2.13. The lowest BCUT2D eigenvalue weighted by atomic mass is 10.0. The summed E-state index contributed by atoms with van der Waals surface area (Å²) in [6.45, 7) is 1.86. The Morgan fingerprint density at radius 2 is 2.00 bits per heavy atom. The first kappa shape index (κ1) is 16.3. The summed E-state index contributed by atoms with van der Waals surface area (Å²) in [5, 5.41) is 8.56. The van der Waals surface area contributed by atoms with Gasteiger partial charge in [0.05, 0.1) is 7.11 Å². The summed E-state index contributed by atoms with van der Waals surface area (Å²) in [6, 6.07) is 14.7. The lowest BCUT2D eigenvalue weighted by molar-refractivity contribution is 0.104. The molecule has 0 spiro atoms. The molecule has 116 valence electrons. The van der Waals surface area contributed by atoms with Crippen LogP contribution in [0.25, 0.3) is 6.08 Å². The van der Waals surface area contributed by atoms with Gasteiger partial charge in [-0.05, 0) is 36.3 Å². The number of hydrogen-bond donors (Lipinski definition) is 0. The molecular weight excluding hydrogens is 290 g/mol. The molecule has 0 saturated heterocycles. The minimum absolute atomic E-state index is 0.0443. The molecule has 0 N–H and O–H groups in total. The van der Waals surface area contributed by atoms with E-state index < -0.39 is 0 Å². The molecule has 0 fully saturated rings. The van der Waals surface area contributed by atoms with Crippen LogP contribution in [0, 0.1) is 18.3 Å². The number of ether oxygens (including phenoxy) is 2. The van der Waals surface area contributed by atoms with Crippen molar-refractivity contribution in [3.05, 3.63) is 65.2 Å². The van der Waals surface area contributed by atoms with Crippen LogP contribution in [-0.2, 0) is 0 Å². The summed E-state index contributed by atoms with van der Waals surface area (Å²) in [5.41, 5.74) is 2.44. The van der Waals surface area contributed by atoms with E-state index in [4.69, 9.17) is 14.7 Å². The average molecular weight is 307 g/mol. The Bertz CT molecular complexity index is 772. The molecule has 0 heterocycles. The fourth-order valence-electron chi connectivity index (χ4n) is 2.13. The van der Waals surface area contributed by atoms with E-state index in [1.54, 1.807) is 30.3 Å². The van der Waals surface area contributed by atoms with Crippen LogP contribution in [0.4, 0.5) is 0 Å². The van der Waals surface area contributed by atoms with E-state index in [1.165, 1.54) is 13.2 Å². The molecule has 0 amide bonds. The van der Waals surface area contributed by atoms with Gasteiger partial charge >= 0.3 is 0 Å². The molecule has 0 bridgehead atoms. The Hall–Kier alpha value is -3.06. The van der Waals surface area contributed by atoms with Gasteiger partial charge in [-0.2, -0.15) is 5.26 Å². The second kappa shape index (κ2) is 7.81. The molecule has 0 unspecified atom stereocenters. The first-order valence-corrected chi connectivity index (χ1v) is 7.11. The molecule has 0 atom stereocenters. The number of aryl methyl sites for hydroxylation is 1. The second-order valence-electron chi connectivity index (χ2n) is 4.87. The summed E-state index contributed by atoms with van der Waals surface area (Å²) >= 11 is 0. The Morgan fingerprint density at radius 3 is 2.70 bits per heavy atom. The van der Waals surface area contributed by atoms with Gasteiger partial charge < -0.3 is 9.47 Å². The first-order valence-electron chi connectivity index (χ1n) is 7.11. The molecule has 4 heteroatoms. The Kier molecular flexibility index (Phi) is 5.54. The third kappa shape index (κ3) is 4.21. The van der Waals surface area contributed by atoms with Gasteiger partial charge in [0.1, 0.15) is 6.07 Å². The molecule has 0 aliphatic heterocycles. The fraction of sp³-hybridized carbons (Fsp3) is 0.158. The van der Waals surface area contributed by atoms with Crippen LogP contribution in [0.5, 0.6) is 11.5 Å². The molecular formula is C19H17NO3. The molecule has 4 nitrogen and oxygen atoms in total. The lowest BCUT2D eigenvalue weighted by Crippen LogP contribution is -1.98. The average Bonchev–Trinajstić information content (AvgIpc) is 2.58. The lowest BCUT2D eigenvalue weighted by Gasteiger charge is -2.08. The number of nitriles is 1. The van der Waals surface area contributed by atoms with Crippen molar-refractivity contribution in [2.75, 3.05) is 13.7 Å².